The minimum atomic E-state index is -0.106. The van der Waals surface area contributed by atoms with Crippen LogP contribution in [0.4, 0.5) is 0 Å². The molecule has 4 nitrogen and oxygen atoms in total. The van der Waals surface area contributed by atoms with Crippen LogP contribution in [0.25, 0.3) is 0 Å². The monoisotopic (exact) mass is 297 g/mol. The first kappa shape index (κ1) is 18.4. The van der Waals surface area contributed by atoms with Crippen LogP contribution in [0.3, 0.4) is 0 Å². The van der Waals surface area contributed by atoms with E-state index in [2.05, 4.69) is 50.2 Å². The zero-order valence-corrected chi connectivity index (χ0v) is 14.8. The van der Waals surface area contributed by atoms with E-state index in [1.165, 1.54) is 12.8 Å². The Kier molecular flexibility index (Phi) is 7.14. The smallest absolute Gasteiger partial charge is 0.237 e. The summed E-state index contributed by atoms with van der Waals surface area (Å²) in [4.78, 5) is 14.7. The molecule has 1 aliphatic rings. The van der Waals surface area contributed by atoms with E-state index in [-0.39, 0.29) is 17.5 Å². The van der Waals surface area contributed by atoms with Crippen LogP contribution in [0, 0.1) is 5.92 Å². The molecule has 1 amide bonds. The average molecular weight is 297 g/mol. The summed E-state index contributed by atoms with van der Waals surface area (Å²) in [6.07, 6.45) is 3.33. The van der Waals surface area contributed by atoms with Gasteiger partial charge in [0.25, 0.3) is 0 Å². The maximum atomic E-state index is 12.3. The number of nitrogens with zero attached hydrogens (tertiary/aromatic N) is 1. The van der Waals surface area contributed by atoms with Crippen molar-refractivity contribution in [3.63, 3.8) is 0 Å². The van der Waals surface area contributed by atoms with E-state index in [0.29, 0.717) is 6.04 Å². The zero-order chi connectivity index (χ0) is 16.0. The first-order chi connectivity index (χ1) is 9.75. The summed E-state index contributed by atoms with van der Waals surface area (Å²) < 4.78 is 0. The molecule has 0 aromatic rings. The number of carbonyl (C=O) groups excluding carboxylic acids is 1. The van der Waals surface area contributed by atoms with Gasteiger partial charge in [0.15, 0.2) is 0 Å². The van der Waals surface area contributed by atoms with Gasteiger partial charge in [0.1, 0.15) is 0 Å². The maximum Gasteiger partial charge on any atom is 0.237 e. The standard InChI is InChI=1S/C17H35N3O/c1-7-17(5,6)19-16(21)14(4)20-10-8-15(9-11-20)12-18-13(2)3/h13-15,18H,7-12H2,1-6H3,(H,19,21). The molecule has 1 saturated heterocycles. The van der Waals surface area contributed by atoms with Gasteiger partial charge in [0.2, 0.25) is 5.91 Å². The van der Waals surface area contributed by atoms with Gasteiger partial charge in [-0.2, -0.15) is 0 Å². The predicted octanol–water partition coefficient (Wildman–Crippen LogP) is 2.39. The summed E-state index contributed by atoms with van der Waals surface area (Å²) in [5.41, 5.74) is -0.106. The van der Waals surface area contributed by atoms with Crippen LogP contribution < -0.4 is 10.6 Å². The topological polar surface area (TPSA) is 44.4 Å². The first-order valence-corrected chi connectivity index (χ1v) is 8.54. The molecule has 1 fully saturated rings. The molecule has 1 unspecified atom stereocenters. The van der Waals surface area contributed by atoms with Crippen molar-refractivity contribution >= 4 is 5.91 Å². The molecule has 1 rings (SSSR count). The molecule has 2 N–H and O–H groups in total. The number of hydrogen-bond acceptors (Lipinski definition) is 3. The normalized spacial score (nSPS) is 19.8. The minimum absolute atomic E-state index is 0.0187. The maximum absolute atomic E-state index is 12.3. The van der Waals surface area contributed by atoms with Crippen LogP contribution in [-0.4, -0.2) is 48.1 Å². The lowest BCUT2D eigenvalue weighted by Crippen LogP contribution is -2.53. The molecule has 0 aromatic heterocycles. The number of piperidine rings is 1. The average Bonchev–Trinajstić information content (AvgIpc) is 2.44. The van der Waals surface area contributed by atoms with Gasteiger partial charge in [-0.25, -0.2) is 0 Å². The number of carbonyl (C=O) groups is 1. The lowest BCUT2D eigenvalue weighted by Gasteiger charge is -2.37. The van der Waals surface area contributed by atoms with Gasteiger partial charge < -0.3 is 10.6 Å². The quantitative estimate of drug-likeness (QED) is 0.758. The van der Waals surface area contributed by atoms with E-state index in [4.69, 9.17) is 0 Å². The molecular weight excluding hydrogens is 262 g/mol. The number of likely N-dealkylation sites (tertiary alicyclic amines) is 1. The van der Waals surface area contributed by atoms with Crippen molar-refractivity contribution in [2.75, 3.05) is 19.6 Å². The van der Waals surface area contributed by atoms with Gasteiger partial charge in [0.05, 0.1) is 6.04 Å². The van der Waals surface area contributed by atoms with Crippen LogP contribution in [0.5, 0.6) is 0 Å². The minimum Gasteiger partial charge on any atom is -0.350 e. The number of amides is 1. The van der Waals surface area contributed by atoms with E-state index in [9.17, 15) is 4.79 Å². The van der Waals surface area contributed by atoms with Gasteiger partial charge in [0, 0.05) is 11.6 Å². The molecule has 0 spiro atoms. The molecule has 1 heterocycles. The van der Waals surface area contributed by atoms with Gasteiger partial charge in [-0.1, -0.05) is 20.8 Å². The molecule has 0 aliphatic carbocycles. The Bertz CT molecular complexity index is 320. The Morgan fingerprint density at radius 2 is 1.81 bits per heavy atom. The highest BCUT2D eigenvalue weighted by molar-refractivity contribution is 5.82. The van der Waals surface area contributed by atoms with Crippen molar-refractivity contribution in [1.82, 2.24) is 15.5 Å². The van der Waals surface area contributed by atoms with Crippen molar-refractivity contribution in [2.45, 2.75) is 78.4 Å². The van der Waals surface area contributed by atoms with E-state index >= 15 is 0 Å². The Balaban J connectivity index is 2.37. The van der Waals surface area contributed by atoms with Gasteiger partial charge in [-0.05, 0) is 65.6 Å². The highest BCUT2D eigenvalue weighted by Gasteiger charge is 2.28. The van der Waals surface area contributed by atoms with Crippen molar-refractivity contribution in [1.29, 1.82) is 0 Å². The number of nitrogens with one attached hydrogen (secondary N) is 2. The molecule has 0 saturated carbocycles. The molecule has 4 heteroatoms. The molecule has 21 heavy (non-hydrogen) atoms. The highest BCUT2D eigenvalue weighted by Crippen LogP contribution is 2.19. The Morgan fingerprint density at radius 1 is 1.24 bits per heavy atom. The first-order valence-electron chi connectivity index (χ1n) is 8.54. The molecular formula is C17H35N3O. The van der Waals surface area contributed by atoms with Gasteiger partial charge >= 0.3 is 0 Å². The van der Waals surface area contributed by atoms with Crippen LogP contribution >= 0.6 is 0 Å². The third kappa shape index (κ3) is 6.35. The van der Waals surface area contributed by atoms with E-state index in [0.717, 1.165) is 32.0 Å². The van der Waals surface area contributed by atoms with Gasteiger partial charge in [-0.15, -0.1) is 0 Å². The highest BCUT2D eigenvalue weighted by atomic mass is 16.2. The molecule has 124 valence electrons. The third-order valence-corrected chi connectivity index (χ3v) is 4.74. The van der Waals surface area contributed by atoms with Crippen molar-refractivity contribution in [2.24, 2.45) is 5.92 Å². The van der Waals surface area contributed by atoms with E-state index in [1.807, 2.05) is 6.92 Å². The van der Waals surface area contributed by atoms with Crippen LogP contribution in [0.1, 0.15) is 60.8 Å². The fourth-order valence-corrected chi connectivity index (χ4v) is 2.64. The summed E-state index contributed by atoms with van der Waals surface area (Å²) in [5.74, 6) is 0.923. The summed E-state index contributed by atoms with van der Waals surface area (Å²) in [5, 5.41) is 6.68. The Morgan fingerprint density at radius 3 is 2.29 bits per heavy atom. The molecule has 0 aromatic carbocycles. The fraction of sp³-hybridized carbons (Fsp3) is 0.941. The van der Waals surface area contributed by atoms with Crippen molar-refractivity contribution in [3.05, 3.63) is 0 Å². The summed E-state index contributed by atoms with van der Waals surface area (Å²) >= 11 is 0. The summed E-state index contributed by atoms with van der Waals surface area (Å²) in [6.45, 7) is 15.9. The summed E-state index contributed by atoms with van der Waals surface area (Å²) in [7, 11) is 0. The molecule has 0 radical (unpaired) electrons. The van der Waals surface area contributed by atoms with Crippen molar-refractivity contribution in [3.8, 4) is 0 Å². The SMILES string of the molecule is CCC(C)(C)NC(=O)C(C)N1CCC(CNC(C)C)CC1. The largest absolute Gasteiger partial charge is 0.350 e. The van der Waals surface area contributed by atoms with E-state index in [1.54, 1.807) is 0 Å². The second-order valence-electron chi connectivity index (χ2n) is 7.44. The Labute approximate surface area is 131 Å². The molecule has 1 atom stereocenters. The second-order valence-corrected chi connectivity index (χ2v) is 7.44. The van der Waals surface area contributed by atoms with Crippen LogP contribution in [-0.2, 0) is 4.79 Å². The molecule has 1 aliphatic heterocycles. The van der Waals surface area contributed by atoms with Crippen LogP contribution in [0.15, 0.2) is 0 Å². The van der Waals surface area contributed by atoms with Crippen molar-refractivity contribution < 1.29 is 4.79 Å². The van der Waals surface area contributed by atoms with Gasteiger partial charge in [-0.3, -0.25) is 9.69 Å². The second kappa shape index (κ2) is 8.14. The molecule has 0 bridgehead atoms. The third-order valence-electron chi connectivity index (χ3n) is 4.74. The lowest BCUT2D eigenvalue weighted by atomic mass is 9.95. The van der Waals surface area contributed by atoms with Crippen LogP contribution in [0.2, 0.25) is 0 Å². The fourth-order valence-electron chi connectivity index (χ4n) is 2.64. The van der Waals surface area contributed by atoms with E-state index < -0.39 is 0 Å². The Hall–Kier alpha value is -0.610. The lowest BCUT2D eigenvalue weighted by molar-refractivity contribution is -0.128. The zero-order valence-electron chi connectivity index (χ0n) is 14.8. The summed E-state index contributed by atoms with van der Waals surface area (Å²) in [6, 6.07) is 0.541. The predicted molar refractivity (Wildman–Crippen MR) is 89.4 cm³/mol. The number of rotatable bonds is 7. The number of hydrogen-bond donors (Lipinski definition) is 2.